The topological polar surface area (TPSA) is 194 Å². The molecule has 11 atom stereocenters. The van der Waals surface area contributed by atoms with Gasteiger partial charge in [-0.05, 0) is 116 Å². The van der Waals surface area contributed by atoms with Crippen molar-refractivity contribution in [2.45, 2.75) is 211 Å². The van der Waals surface area contributed by atoms with E-state index in [0.717, 1.165) is 22.6 Å². The molecule has 2 aromatic rings. The number of nitrogens with two attached hydrogens (primary N) is 1. The van der Waals surface area contributed by atoms with Crippen molar-refractivity contribution >= 4 is 51.8 Å². The molecular formula is C56H86N6O11S2. The van der Waals surface area contributed by atoms with Gasteiger partial charge in [0.2, 0.25) is 0 Å². The molecule has 2 saturated heterocycles. The molecular weight excluding hydrogens is 997 g/mol. The van der Waals surface area contributed by atoms with E-state index in [1.54, 1.807) is 28.3 Å². The molecule has 1 unspecified atom stereocenters. The summed E-state index contributed by atoms with van der Waals surface area (Å²) in [7, 11) is 6.61. The molecule has 0 bridgehead atoms. The summed E-state index contributed by atoms with van der Waals surface area (Å²) in [4.78, 5) is 50.1. The van der Waals surface area contributed by atoms with Gasteiger partial charge in [0.25, 0.3) is 0 Å². The van der Waals surface area contributed by atoms with Gasteiger partial charge in [-0.15, -0.1) is 0 Å². The molecule has 0 aromatic heterocycles. The molecule has 4 heterocycles. The van der Waals surface area contributed by atoms with Gasteiger partial charge in [-0.25, -0.2) is 9.59 Å². The molecule has 6 aliphatic rings. The molecule has 0 radical (unpaired) electrons. The second-order valence-electron chi connectivity index (χ2n) is 22.6. The third kappa shape index (κ3) is 17.0. The van der Waals surface area contributed by atoms with Crippen LogP contribution in [0, 0.1) is 11.8 Å². The molecule has 8 rings (SSSR count). The first-order valence-electron chi connectivity index (χ1n) is 26.7. The zero-order valence-corrected chi connectivity index (χ0v) is 48.5. The number of benzene rings is 2. The Morgan fingerprint density at radius 2 is 1.11 bits per heavy atom. The SMILES string of the molecule is COc1ccc(CO[C@H]2[C@H](C)[C@@H](C(C)=O)O[C@@H]3SC(N(C)C(=O)OC(C)(C)C)=N[C@H]23)cc1.COc1ccc(CO[C@H]2[C@H](C)[C@@H](C(C)NC3CCCC3)O[C@@H]3SC(N(C)C(=O)OC(C)(C)C)=N[C@H]23)cc1.NC1CCCC1. The summed E-state index contributed by atoms with van der Waals surface area (Å²) in [6.07, 6.45) is 8.22. The minimum atomic E-state index is -0.614. The van der Waals surface area contributed by atoms with Crippen LogP contribution in [0.5, 0.6) is 11.5 Å². The maximum Gasteiger partial charge on any atom is 0.416 e. The Morgan fingerprint density at radius 1 is 0.693 bits per heavy atom. The van der Waals surface area contributed by atoms with Crippen LogP contribution in [0.15, 0.2) is 58.5 Å². The Bertz CT molecular complexity index is 2230. The van der Waals surface area contributed by atoms with Crippen LogP contribution in [-0.2, 0) is 46.4 Å². The summed E-state index contributed by atoms with van der Waals surface area (Å²) in [5, 5.41) is 4.91. The molecule has 17 nitrogen and oxygen atoms in total. The number of thioether (sulfide) groups is 2. The van der Waals surface area contributed by atoms with Gasteiger partial charge in [0.05, 0.1) is 45.7 Å². The number of amidine groups is 2. The van der Waals surface area contributed by atoms with Crippen molar-refractivity contribution in [3.8, 4) is 11.5 Å². The zero-order chi connectivity index (χ0) is 54.8. The summed E-state index contributed by atoms with van der Waals surface area (Å²) in [6, 6.07) is 16.3. The number of rotatable bonds is 12. The maximum absolute atomic E-state index is 12.7. The van der Waals surface area contributed by atoms with Gasteiger partial charge in [0.15, 0.2) is 16.1 Å². The highest BCUT2D eigenvalue weighted by molar-refractivity contribution is 8.14. The number of nitrogens with one attached hydrogen (secondary N) is 1. The van der Waals surface area contributed by atoms with Crippen molar-refractivity contribution in [1.82, 2.24) is 15.1 Å². The predicted octanol–water partition coefficient (Wildman–Crippen LogP) is 9.96. The van der Waals surface area contributed by atoms with E-state index < -0.39 is 34.9 Å². The Balaban J connectivity index is 0.000000221. The third-order valence-electron chi connectivity index (χ3n) is 14.1. The minimum absolute atomic E-state index is 0.0309. The highest BCUT2D eigenvalue weighted by Gasteiger charge is 2.52. The Morgan fingerprint density at radius 3 is 1.49 bits per heavy atom. The van der Waals surface area contributed by atoms with Crippen LogP contribution in [0.2, 0.25) is 0 Å². The van der Waals surface area contributed by atoms with Crippen LogP contribution >= 0.6 is 23.5 Å². The van der Waals surface area contributed by atoms with Crippen molar-refractivity contribution < 1.29 is 52.3 Å². The number of carbonyl (C=O) groups excluding carboxylic acids is 3. The fraction of sp³-hybridized carbons (Fsp3) is 0.696. The molecule has 2 saturated carbocycles. The van der Waals surface area contributed by atoms with E-state index in [0.29, 0.717) is 35.6 Å². The lowest BCUT2D eigenvalue weighted by Gasteiger charge is -2.44. The monoisotopic (exact) mass is 1080 g/mol. The highest BCUT2D eigenvalue weighted by atomic mass is 32.2. The first-order valence-corrected chi connectivity index (χ1v) is 28.5. The number of hydrogen-bond acceptors (Lipinski definition) is 17. The van der Waals surface area contributed by atoms with Gasteiger partial charge in [-0.1, -0.05) is 87.3 Å². The van der Waals surface area contributed by atoms with Crippen LogP contribution in [0.1, 0.15) is 132 Å². The van der Waals surface area contributed by atoms with E-state index in [2.05, 4.69) is 19.2 Å². The fourth-order valence-electron chi connectivity index (χ4n) is 10.0. The summed E-state index contributed by atoms with van der Waals surface area (Å²) in [6.45, 7) is 19.7. The third-order valence-corrected chi connectivity index (χ3v) is 16.5. The van der Waals surface area contributed by atoms with E-state index >= 15 is 0 Å². The largest absolute Gasteiger partial charge is 0.497 e. The Hall–Kier alpha value is -3.95. The molecule has 418 valence electrons. The van der Waals surface area contributed by atoms with Gasteiger partial charge in [-0.3, -0.25) is 24.6 Å². The number of carbonyl (C=O) groups is 3. The molecule has 0 spiro atoms. The standard InChI is InChI=1S/C28H43N3O5S.C23H32N2O6S.C5H11N/c1-17-23(18(2)29-20-10-8-9-11-20)35-25-22(24(17)34-16-19-12-14-21(33-7)15-13-19)30-26(37-25)31(6)27(32)36-28(3,4)5;1-13-18(14(2)26)30-20-17(19(13)29-12-15-8-10-16(28-7)11-9-15)24-21(32-20)25(6)22(27)31-23(3,4)5;6-5-3-1-2-4-5/h12-15,17-18,20,22-25,29H,8-11,16H2,1-7H3;8-11,13,17-20H,12H2,1-7H3;5H,1-4,6H2/t17-,18?,22-,23+,24+,25-;13-,17-,18+,19+,20-;/m11./s1. The first-order chi connectivity index (χ1) is 35.4. The van der Waals surface area contributed by atoms with Crippen LogP contribution in [0.3, 0.4) is 0 Å². The quantitative estimate of drug-likeness (QED) is 0.204. The number of ether oxygens (including phenoxy) is 8. The zero-order valence-electron chi connectivity index (χ0n) is 46.9. The number of Topliss-reactive ketones (excluding diaryl/α,β-unsaturated/α-hetero) is 1. The van der Waals surface area contributed by atoms with Gasteiger partial charge in [0.1, 0.15) is 51.8 Å². The lowest BCUT2D eigenvalue weighted by molar-refractivity contribution is -0.158. The number of amides is 2. The van der Waals surface area contributed by atoms with Gasteiger partial charge >= 0.3 is 12.2 Å². The van der Waals surface area contributed by atoms with Crippen molar-refractivity contribution in [1.29, 1.82) is 0 Å². The van der Waals surface area contributed by atoms with E-state index in [9.17, 15) is 14.4 Å². The van der Waals surface area contributed by atoms with Gasteiger partial charge in [0, 0.05) is 44.1 Å². The second-order valence-corrected chi connectivity index (χ2v) is 24.7. The van der Waals surface area contributed by atoms with E-state index in [1.165, 1.54) is 91.6 Å². The van der Waals surface area contributed by atoms with Gasteiger partial charge in [-0.2, -0.15) is 0 Å². The number of hydrogen-bond donors (Lipinski definition) is 2. The number of methoxy groups -OCH3 is 2. The molecule has 2 aliphatic carbocycles. The highest BCUT2D eigenvalue weighted by Crippen LogP contribution is 2.43. The Kier molecular flexibility index (Phi) is 21.8. The number of aliphatic imine (C=N–C) groups is 2. The lowest BCUT2D eigenvalue weighted by Crippen LogP contribution is -2.58. The Labute approximate surface area is 454 Å². The first kappa shape index (κ1) is 60.3. The van der Waals surface area contributed by atoms with Crippen LogP contribution in [0.4, 0.5) is 9.59 Å². The van der Waals surface area contributed by atoms with Gasteiger partial charge < -0.3 is 48.9 Å². The number of nitrogens with zero attached hydrogens (tertiary/aromatic N) is 4. The summed E-state index contributed by atoms with van der Waals surface area (Å²) in [5.74, 6) is 1.46. The molecule has 4 fully saturated rings. The molecule has 19 heteroatoms. The van der Waals surface area contributed by atoms with Crippen molar-refractivity contribution in [2.24, 2.45) is 27.6 Å². The van der Waals surface area contributed by atoms with Crippen molar-refractivity contribution in [2.75, 3.05) is 28.3 Å². The van der Waals surface area contributed by atoms with E-state index in [4.69, 9.17) is 53.6 Å². The molecule has 3 N–H and O–H groups in total. The van der Waals surface area contributed by atoms with Crippen LogP contribution in [-0.4, -0.2) is 143 Å². The number of fused-ring (bicyclic) bond motifs is 2. The predicted molar refractivity (Wildman–Crippen MR) is 296 cm³/mol. The lowest BCUT2D eigenvalue weighted by atomic mass is 9.86. The summed E-state index contributed by atoms with van der Waals surface area (Å²) < 4.78 is 47.2. The van der Waals surface area contributed by atoms with Crippen LogP contribution < -0.4 is 20.5 Å². The number of ketones is 1. The maximum atomic E-state index is 12.7. The van der Waals surface area contributed by atoms with Crippen LogP contribution in [0.25, 0.3) is 0 Å². The van der Waals surface area contributed by atoms with Crippen molar-refractivity contribution in [3.05, 3.63) is 59.7 Å². The average molecular weight is 1080 g/mol. The summed E-state index contributed by atoms with van der Waals surface area (Å²) in [5.41, 5.74) is 5.76. The van der Waals surface area contributed by atoms with Crippen molar-refractivity contribution in [3.63, 3.8) is 0 Å². The van der Waals surface area contributed by atoms with E-state index in [-0.39, 0.29) is 59.5 Å². The fourth-order valence-corrected chi connectivity index (χ4v) is 12.3. The molecule has 2 aromatic carbocycles. The molecule has 2 amide bonds. The van der Waals surface area contributed by atoms with E-state index in [1.807, 2.05) is 97.0 Å². The second kappa shape index (κ2) is 27.1. The smallest absolute Gasteiger partial charge is 0.416 e. The normalized spacial score (nSPS) is 28.0. The summed E-state index contributed by atoms with van der Waals surface area (Å²) >= 11 is 2.80. The molecule has 75 heavy (non-hydrogen) atoms. The average Bonchev–Trinajstić information content (AvgIpc) is 4.21. The molecule has 4 aliphatic heterocycles. The minimum Gasteiger partial charge on any atom is -0.497 e.